The number of hydrogen-bond donors (Lipinski definition) is 1. The van der Waals surface area contributed by atoms with Crippen molar-refractivity contribution in [2.45, 2.75) is 32.4 Å². The first kappa shape index (κ1) is 24.6. The van der Waals surface area contributed by atoms with Crippen molar-refractivity contribution < 1.29 is 23.9 Å². The molecule has 0 saturated carbocycles. The number of aliphatic imine (C=N–C) groups is 1. The maximum absolute atomic E-state index is 12.9. The Balaban J connectivity index is 1.90. The number of hydrogen-bond acceptors (Lipinski definition) is 7. The zero-order chi connectivity index (χ0) is 23.3. The molecule has 0 bridgehead atoms. The summed E-state index contributed by atoms with van der Waals surface area (Å²) in [6.45, 7) is 4.48. The third kappa shape index (κ3) is 8.23. The molecule has 0 heterocycles. The summed E-state index contributed by atoms with van der Waals surface area (Å²) in [5, 5.41) is 1.05. The van der Waals surface area contributed by atoms with Crippen molar-refractivity contribution in [1.82, 2.24) is 10.4 Å². The Hall–Kier alpha value is -3.65. The van der Waals surface area contributed by atoms with Gasteiger partial charge in [0, 0.05) is 12.0 Å². The highest BCUT2D eigenvalue weighted by Gasteiger charge is 2.25. The molecule has 32 heavy (non-hydrogen) atoms. The average Bonchev–Trinajstić information content (AvgIpc) is 2.81. The minimum atomic E-state index is -0.960. The maximum atomic E-state index is 12.9. The lowest BCUT2D eigenvalue weighted by Crippen LogP contribution is -2.51. The van der Waals surface area contributed by atoms with Gasteiger partial charge in [0.15, 0.2) is 11.6 Å². The Morgan fingerprint density at radius 3 is 2.25 bits per heavy atom. The van der Waals surface area contributed by atoms with Crippen LogP contribution >= 0.6 is 0 Å². The molecular weight excluding hydrogens is 410 g/mol. The number of ketones is 2. The number of rotatable bonds is 13. The molecule has 0 aliphatic carbocycles. The molecular formula is C24H27N3O5. The van der Waals surface area contributed by atoms with E-state index < -0.39 is 17.9 Å². The number of amides is 1. The average molecular weight is 437 g/mol. The first-order valence-electron chi connectivity index (χ1n) is 10.2. The van der Waals surface area contributed by atoms with Crippen LogP contribution in [-0.2, 0) is 25.7 Å². The van der Waals surface area contributed by atoms with Crippen LogP contribution in [-0.4, -0.2) is 54.3 Å². The molecule has 1 N–H and O–H groups in total. The number of nitrogens with zero attached hydrogens (tertiary/aromatic N) is 2. The SMILES string of the molecule is C=N[C@@H](CCC(=O)OCc1ccccc1)C(=O)N(CC(C)=O)NCC(=O)c1ccccc1. The smallest absolute Gasteiger partial charge is 0.306 e. The second kappa shape index (κ2) is 12.9. The van der Waals surface area contributed by atoms with Crippen LogP contribution in [0.4, 0.5) is 0 Å². The fraction of sp³-hybridized carbons (Fsp3) is 0.292. The Bertz CT molecular complexity index is 931. The Morgan fingerprint density at radius 1 is 1.03 bits per heavy atom. The molecule has 0 spiro atoms. The molecule has 2 aromatic rings. The molecule has 8 heteroatoms. The molecule has 1 amide bonds. The van der Waals surface area contributed by atoms with E-state index in [4.69, 9.17) is 4.74 Å². The molecule has 0 fully saturated rings. The van der Waals surface area contributed by atoms with Gasteiger partial charge < -0.3 is 4.74 Å². The van der Waals surface area contributed by atoms with E-state index in [0.717, 1.165) is 10.6 Å². The van der Waals surface area contributed by atoms with Crippen LogP contribution in [0, 0.1) is 0 Å². The monoisotopic (exact) mass is 437 g/mol. The molecule has 8 nitrogen and oxygen atoms in total. The fourth-order valence-corrected chi connectivity index (χ4v) is 2.87. The summed E-state index contributed by atoms with van der Waals surface area (Å²) in [6.07, 6.45) is 0.0256. The van der Waals surface area contributed by atoms with Crippen molar-refractivity contribution in [2.75, 3.05) is 13.1 Å². The molecule has 2 rings (SSSR count). The van der Waals surface area contributed by atoms with Gasteiger partial charge in [-0.1, -0.05) is 60.7 Å². The summed E-state index contributed by atoms with van der Waals surface area (Å²) < 4.78 is 5.22. The Labute approximate surface area is 187 Å². The van der Waals surface area contributed by atoms with Crippen LogP contribution in [0.2, 0.25) is 0 Å². The lowest BCUT2D eigenvalue weighted by atomic mass is 10.1. The standard InChI is InChI=1S/C24H27N3O5/c1-18(28)16-27(26-15-22(29)20-11-7-4-8-12-20)24(31)21(25-2)13-14-23(30)32-17-19-9-5-3-6-10-19/h3-12,21,26H,2,13-17H2,1H3/t21-/m0/s1. The number of nitrogens with one attached hydrogen (secondary N) is 1. The van der Waals surface area contributed by atoms with E-state index >= 15 is 0 Å². The zero-order valence-corrected chi connectivity index (χ0v) is 18.0. The van der Waals surface area contributed by atoms with E-state index in [1.165, 1.54) is 6.92 Å². The Kier molecular flexibility index (Phi) is 9.93. The van der Waals surface area contributed by atoms with Gasteiger partial charge in [0.2, 0.25) is 0 Å². The van der Waals surface area contributed by atoms with Crippen molar-refractivity contribution in [2.24, 2.45) is 4.99 Å². The summed E-state index contributed by atoms with van der Waals surface area (Å²) in [5.41, 5.74) is 4.05. The molecule has 0 aliphatic heterocycles. The predicted octanol–water partition coefficient (Wildman–Crippen LogP) is 2.38. The van der Waals surface area contributed by atoms with Crippen molar-refractivity contribution in [1.29, 1.82) is 0 Å². The van der Waals surface area contributed by atoms with Gasteiger partial charge in [-0.15, -0.1) is 0 Å². The van der Waals surface area contributed by atoms with Crippen LogP contribution in [0.1, 0.15) is 35.7 Å². The van der Waals surface area contributed by atoms with E-state index in [1.807, 2.05) is 30.3 Å². The third-order valence-corrected chi connectivity index (χ3v) is 4.54. The van der Waals surface area contributed by atoms with Crippen LogP contribution < -0.4 is 5.43 Å². The number of esters is 1. The minimum absolute atomic E-state index is 0.0425. The summed E-state index contributed by atoms with van der Waals surface area (Å²) >= 11 is 0. The molecule has 0 aromatic heterocycles. The molecule has 0 radical (unpaired) electrons. The largest absolute Gasteiger partial charge is 0.461 e. The lowest BCUT2D eigenvalue weighted by Gasteiger charge is -2.25. The van der Waals surface area contributed by atoms with E-state index in [0.29, 0.717) is 5.56 Å². The maximum Gasteiger partial charge on any atom is 0.306 e. The van der Waals surface area contributed by atoms with Crippen LogP contribution in [0.15, 0.2) is 65.7 Å². The zero-order valence-electron chi connectivity index (χ0n) is 18.0. The van der Waals surface area contributed by atoms with E-state index in [9.17, 15) is 19.2 Å². The number of benzene rings is 2. The van der Waals surface area contributed by atoms with Gasteiger partial charge in [-0.05, 0) is 25.6 Å². The normalized spacial score (nSPS) is 11.3. The van der Waals surface area contributed by atoms with Gasteiger partial charge in [-0.2, -0.15) is 0 Å². The van der Waals surface area contributed by atoms with Gasteiger partial charge in [0.05, 0.1) is 13.1 Å². The molecule has 0 saturated heterocycles. The highest BCUT2D eigenvalue weighted by atomic mass is 16.5. The highest BCUT2D eigenvalue weighted by molar-refractivity contribution is 5.98. The second-order valence-corrected chi connectivity index (χ2v) is 7.13. The van der Waals surface area contributed by atoms with Crippen LogP contribution in [0.3, 0.4) is 0 Å². The van der Waals surface area contributed by atoms with Gasteiger partial charge in [0.1, 0.15) is 12.6 Å². The molecule has 0 unspecified atom stereocenters. The number of carbonyl (C=O) groups excluding carboxylic acids is 4. The van der Waals surface area contributed by atoms with Gasteiger partial charge in [0.25, 0.3) is 5.91 Å². The summed E-state index contributed by atoms with van der Waals surface area (Å²) in [7, 11) is 0. The summed E-state index contributed by atoms with van der Waals surface area (Å²) in [5.74, 6) is -1.53. The number of hydrazine groups is 1. The first-order chi connectivity index (χ1) is 15.4. The Morgan fingerprint density at radius 2 is 1.66 bits per heavy atom. The molecule has 2 aromatic carbocycles. The summed E-state index contributed by atoms with van der Waals surface area (Å²) in [6, 6.07) is 16.9. The quantitative estimate of drug-likeness (QED) is 0.223. The number of Topliss-reactive ketones (excluding diaryl/α,β-unsaturated/α-hetero) is 2. The van der Waals surface area contributed by atoms with Gasteiger partial charge >= 0.3 is 5.97 Å². The van der Waals surface area contributed by atoms with E-state index in [-0.39, 0.29) is 44.1 Å². The summed E-state index contributed by atoms with van der Waals surface area (Å²) in [4.78, 5) is 52.7. The topological polar surface area (TPSA) is 105 Å². The number of carbonyl (C=O) groups is 4. The van der Waals surface area contributed by atoms with E-state index in [1.54, 1.807) is 30.3 Å². The second-order valence-electron chi connectivity index (χ2n) is 7.13. The van der Waals surface area contributed by atoms with Gasteiger partial charge in [-0.3, -0.25) is 29.2 Å². The van der Waals surface area contributed by atoms with Gasteiger partial charge in [-0.25, -0.2) is 5.43 Å². The van der Waals surface area contributed by atoms with Crippen molar-refractivity contribution in [3.8, 4) is 0 Å². The van der Waals surface area contributed by atoms with Crippen molar-refractivity contribution in [3.63, 3.8) is 0 Å². The highest BCUT2D eigenvalue weighted by Crippen LogP contribution is 2.09. The van der Waals surface area contributed by atoms with E-state index in [2.05, 4.69) is 17.1 Å². The first-order valence-corrected chi connectivity index (χ1v) is 10.2. The molecule has 0 aliphatic rings. The lowest BCUT2D eigenvalue weighted by molar-refractivity contribution is -0.145. The third-order valence-electron chi connectivity index (χ3n) is 4.54. The number of ether oxygens (including phenoxy) is 1. The van der Waals surface area contributed by atoms with Crippen LogP contribution in [0.5, 0.6) is 0 Å². The fourth-order valence-electron chi connectivity index (χ4n) is 2.87. The molecule has 1 atom stereocenters. The predicted molar refractivity (Wildman–Crippen MR) is 120 cm³/mol. The minimum Gasteiger partial charge on any atom is -0.461 e. The van der Waals surface area contributed by atoms with Crippen molar-refractivity contribution in [3.05, 3.63) is 71.8 Å². The van der Waals surface area contributed by atoms with Crippen LogP contribution in [0.25, 0.3) is 0 Å². The van der Waals surface area contributed by atoms with Crippen molar-refractivity contribution >= 4 is 30.2 Å². The molecule has 168 valence electrons.